The molecule has 2 heterocycles. The van der Waals surface area contributed by atoms with Crippen molar-refractivity contribution in [3.63, 3.8) is 0 Å². The normalized spacial score (nSPS) is 12.1. The Balaban J connectivity index is 1.81. The van der Waals surface area contributed by atoms with Crippen molar-refractivity contribution in [1.82, 2.24) is 25.0 Å². The van der Waals surface area contributed by atoms with Gasteiger partial charge in [-0.05, 0) is 17.7 Å². The molecule has 2 aromatic heterocycles. The first-order valence-electron chi connectivity index (χ1n) is 10.4. The monoisotopic (exact) mass is 530 g/mol. The summed E-state index contributed by atoms with van der Waals surface area (Å²) >= 11 is 6.12. The number of nitrogens with one attached hydrogen (secondary N) is 2. The number of halogens is 4. The van der Waals surface area contributed by atoms with Crippen molar-refractivity contribution in [2.75, 3.05) is 0 Å². The molecule has 188 valence electrons. The summed E-state index contributed by atoms with van der Waals surface area (Å²) in [6.45, 7) is 1.73. The van der Waals surface area contributed by atoms with Gasteiger partial charge in [-0.1, -0.05) is 48.9 Å². The Bertz CT molecular complexity index is 1710. The molecule has 0 radical (unpaired) electrons. The number of benzene rings is 2. The van der Waals surface area contributed by atoms with Crippen molar-refractivity contribution < 1.29 is 17.9 Å². The van der Waals surface area contributed by atoms with Crippen molar-refractivity contribution >= 4 is 11.6 Å². The summed E-state index contributed by atoms with van der Waals surface area (Å²) in [6, 6.07) is 13.0. The van der Waals surface area contributed by atoms with Gasteiger partial charge in [-0.3, -0.25) is 14.6 Å². The van der Waals surface area contributed by atoms with Crippen LogP contribution in [0.5, 0.6) is 11.6 Å². The van der Waals surface area contributed by atoms with E-state index in [0.717, 1.165) is 11.6 Å². The van der Waals surface area contributed by atoms with Gasteiger partial charge in [0.05, 0.1) is 10.7 Å². The molecular formula is C23H14ClF3N6O4. The van der Waals surface area contributed by atoms with Crippen LogP contribution in [0.25, 0.3) is 5.69 Å². The van der Waals surface area contributed by atoms with Gasteiger partial charge in [0, 0.05) is 17.5 Å². The van der Waals surface area contributed by atoms with E-state index in [-0.39, 0.29) is 11.4 Å². The molecule has 2 aromatic carbocycles. The third kappa shape index (κ3) is 5.14. The first kappa shape index (κ1) is 25.4. The molecule has 0 aliphatic carbocycles. The van der Waals surface area contributed by atoms with Crippen LogP contribution >= 0.6 is 11.6 Å². The zero-order chi connectivity index (χ0) is 26.9. The predicted molar refractivity (Wildman–Crippen MR) is 124 cm³/mol. The summed E-state index contributed by atoms with van der Waals surface area (Å²) < 4.78 is 47.8. The molecule has 2 N–H and O–H groups in total. The van der Waals surface area contributed by atoms with Crippen LogP contribution in [0.2, 0.25) is 5.02 Å². The Kier molecular flexibility index (Phi) is 6.69. The lowest BCUT2D eigenvalue weighted by atomic mass is 9.94. The van der Waals surface area contributed by atoms with E-state index in [1.165, 1.54) is 12.1 Å². The molecule has 1 unspecified atom stereocenters. The Morgan fingerprint density at radius 2 is 1.81 bits per heavy atom. The van der Waals surface area contributed by atoms with Crippen molar-refractivity contribution in [2.24, 2.45) is 0 Å². The maximum atomic E-state index is 14.0. The molecule has 0 amide bonds. The molecule has 4 aromatic rings. The van der Waals surface area contributed by atoms with Gasteiger partial charge in [0.15, 0.2) is 5.75 Å². The van der Waals surface area contributed by atoms with Crippen molar-refractivity contribution in [2.45, 2.75) is 19.0 Å². The first-order valence-corrected chi connectivity index (χ1v) is 10.7. The largest absolute Gasteiger partial charge is 0.435 e. The Hall–Kier alpha value is -4.70. The molecule has 14 heteroatoms. The van der Waals surface area contributed by atoms with E-state index in [4.69, 9.17) is 21.6 Å². The second-order valence-corrected chi connectivity index (χ2v) is 8.07. The minimum atomic E-state index is -5.03. The van der Waals surface area contributed by atoms with Crippen LogP contribution < -0.4 is 21.5 Å². The highest BCUT2D eigenvalue weighted by atomic mass is 35.5. The molecule has 0 fully saturated rings. The molecule has 1 atom stereocenters. The average Bonchev–Trinajstić information content (AvgIpc) is 2.85. The molecule has 0 aliphatic heterocycles. The van der Waals surface area contributed by atoms with E-state index in [2.05, 4.69) is 15.3 Å². The van der Waals surface area contributed by atoms with E-state index < -0.39 is 56.6 Å². The van der Waals surface area contributed by atoms with E-state index in [1.807, 2.05) is 0 Å². The van der Waals surface area contributed by atoms with Crippen LogP contribution in [0.1, 0.15) is 35.2 Å². The van der Waals surface area contributed by atoms with Gasteiger partial charge in [-0.15, -0.1) is 10.2 Å². The lowest BCUT2D eigenvalue weighted by Crippen LogP contribution is -2.33. The van der Waals surface area contributed by atoms with Gasteiger partial charge < -0.3 is 4.74 Å². The van der Waals surface area contributed by atoms with Gasteiger partial charge in [0.2, 0.25) is 11.6 Å². The molecule has 4 rings (SSSR count). The summed E-state index contributed by atoms with van der Waals surface area (Å²) in [4.78, 5) is 37.9. The van der Waals surface area contributed by atoms with Gasteiger partial charge >= 0.3 is 11.9 Å². The Morgan fingerprint density at radius 3 is 2.46 bits per heavy atom. The lowest BCUT2D eigenvalue weighted by Gasteiger charge is -2.17. The summed E-state index contributed by atoms with van der Waals surface area (Å²) in [5.74, 6) is -1.67. The van der Waals surface area contributed by atoms with Crippen LogP contribution in [0, 0.1) is 11.3 Å². The van der Waals surface area contributed by atoms with Gasteiger partial charge in [-0.25, -0.2) is 9.89 Å². The number of aromatic amines is 2. The molecule has 0 aliphatic rings. The predicted octanol–water partition coefficient (Wildman–Crippen LogP) is 3.49. The highest BCUT2D eigenvalue weighted by molar-refractivity contribution is 6.32. The minimum Gasteiger partial charge on any atom is -0.435 e. The number of nitriles is 1. The maximum Gasteiger partial charge on any atom is 0.420 e. The summed E-state index contributed by atoms with van der Waals surface area (Å²) in [5, 5.41) is 17.8. The van der Waals surface area contributed by atoms with E-state index in [1.54, 1.807) is 42.2 Å². The molecule has 0 saturated heterocycles. The summed E-state index contributed by atoms with van der Waals surface area (Å²) in [6.07, 6.45) is -5.03. The smallest absolute Gasteiger partial charge is 0.420 e. The van der Waals surface area contributed by atoms with Gasteiger partial charge in [-0.2, -0.15) is 23.1 Å². The van der Waals surface area contributed by atoms with Crippen LogP contribution in [-0.4, -0.2) is 25.0 Å². The molecule has 0 spiro atoms. The maximum absolute atomic E-state index is 14.0. The second-order valence-electron chi connectivity index (χ2n) is 7.66. The highest BCUT2D eigenvalue weighted by Gasteiger charge is 2.37. The standard InChI is InChI=1S/C23H14ClF3N6O4/c1-11(12-5-3-2-4-6-12)14-9-18(30-31-20(14)34)37-19-15(23(25,26)27)7-13(8-16(19)24)33-22(36)29-21(35)17(10-28)32-33/h2-9,11H,1H3,(H,31,34)(H,29,35,36). The number of hydrogen-bond acceptors (Lipinski definition) is 7. The lowest BCUT2D eigenvalue weighted by molar-refractivity contribution is -0.138. The van der Waals surface area contributed by atoms with Crippen LogP contribution in [-0.2, 0) is 6.18 Å². The number of rotatable bonds is 5. The SMILES string of the molecule is CC(c1ccccc1)c1cc(Oc2c(Cl)cc(-n3nc(C#N)c(=O)[nH]c3=O)cc2C(F)(F)F)n[nH]c1=O. The number of ether oxygens (including phenoxy) is 1. The molecule has 0 bridgehead atoms. The molecule has 37 heavy (non-hydrogen) atoms. The fourth-order valence-electron chi connectivity index (χ4n) is 3.46. The number of aromatic nitrogens is 5. The Labute approximate surface area is 209 Å². The van der Waals surface area contributed by atoms with Crippen LogP contribution in [0.3, 0.4) is 0 Å². The zero-order valence-corrected chi connectivity index (χ0v) is 19.4. The molecule has 0 saturated carbocycles. The fourth-order valence-corrected chi connectivity index (χ4v) is 3.72. The Morgan fingerprint density at radius 1 is 1.11 bits per heavy atom. The second kappa shape index (κ2) is 9.75. The van der Waals surface area contributed by atoms with Crippen molar-refractivity contribution in [3.05, 3.63) is 107 Å². The first-order chi connectivity index (χ1) is 17.5. The summed E-state index contributed by atoms with van der Waals surface area (Å²) in [5.41, 5.74) is -4.53. The number of H-pyrrole nitrogens is 2. The van der Waals surface area contributed by atoms with Gasteiger partial charge in [0.1, 0.15) is 11.6 Å². The fraction of sp³-hybridized carbons (Fsp3) is 0.130. The topological polar surface area (TPSA) is 147 Å². The molecular weight excluding hydrogens is 517 g/mol. The van der Waals surface area contributed by atoms with Crippen molar-refractivity contribution in [3.8, 4) is 23.4 Å². The van der Waals surface area contributed by atoms with E-state index in [0.29, 0.717) is 10.7 Å². The van der Waals surface area contributed by atoms with Crippen molar-refractivity contribution in [1.29, 1.82) is 5.26 Å². The van der Waals surface area contributed by atoms with E-state index >= 15 is 0 Å². The summed E-state index contributed by atoms with van der Waals surface area (Å²) in [7, 11) is 0. The third-order valence-corrected chi connectivity index (χ3v) is 5.57. The molecule has 10 nitrogen and oxygen atoms in total. The average molecular weight is 531 g/mol. The third-order valence-electron chi connectivity index (χ3n) is 5.29. The van der Waals surface area contributed by atoms with Crippen LogP contribution in [0.4, 0.5) is 13.2 Å². The van der Waals surface area contributed by atoms with Gasteiger partial charge in [0.25, 0.3) is 11.1 Å². The van der Waals surface area contributed by atoms with E-state index in [9.17, 15) is 27.6 Å². The quantitative estimate of drug-likeness (QED) is 0.401. The highest BCUT2D eigenvalue weighted by Crippen LogP contribution is 2.43. The number of hydrogen-bond donors (Lipinski definition) is 2. The minimum absolute atomic E-state index is 0.186. The van der Waals surface area contributed by atoms with Crippen LogP contribution in [0.15, 0.2) is 62.9 Å². The zero-order valence-electron chi connectivity index (χ0n) is 18.6. The number of alkyl halides is 3. The number of nitrogens with zero attached hydrogens (tertiary/aromatic N) is 4.